The average molecular weight is 263 g/mol. The van der Waals surface area contributed by atoms with Gasteiger partial charge in [0.15, 0.2) is 0 Å². The molecular weight excluding hydrogens is 236 g/mol. The van der Waals surface area contributed by atoms with E-state index >= 15 is 0 Å². The molecule has 1 rings (SSSR count). The van der Waals surface area contributed by atoms with Crippen LogP contribution in [-0.4, -0.2) is 56.7 Å². The Hall–Kier alpha value is 0.170. The zero-order valence-electron chi connectivity index (χ0n) is 11.3. The number of hydrogen-bond acceptors (Lipinski definition) is 3. The highest BCUT2D eigenvalue weighted by Crippen LogP contribution is 2.21. The first-order valence-electron chi connectivity index (χ1n) is 6.71. The largest absolute Gasteiger partial charge is 0.379 e. The Bertz CT molecular complexity index is 194. The van der Waals surface area contributed by atoms with Crippen LogP contribution in [0.15, 0.2) is 0 Å². The van der Waals surface area contributed by atoms with E-state index in [0.29, 0.717) is 5.41 Å². The molecule has 0 radical (unpaired) electrons. The van der Waals surface area contributed by atoms with Crippen molar-refractivity contribution >= 4 is 11.6 Å². The van der Waals surface area contributed by atoms with Gasteiger partial charge in [0.1, 0.15) is 0 Å². The summed E-state index contributed by atoms with van der Waals surface area (Å²) in [4.78, 5) is 2.46. The van der Waals surface area contributed by atoms with E-state index in [1.807, 2.05) is 0 Å². The van der Waals surface area contributed by atoms with Gasteiger partial charge >= 0.3 is 0 Å². The Morgan fingerprint density at radius 3 is 2.65 bits per heavy atom. The molecular formula is C13H27ClN2O. The molecule has 0 spiro atoms. The Kier molecular flexibility index (Phi) is 7.44. The molecule has 0 atom stereocenters. The fraction of sp³-hybridized carbons (Fsp3) is 1.00. The number of halogens is 1. The molecule has 0 aliphatic carbocycles. The molecule has 1 N–H and O–H groups in total. The molecule has 0 unspecified atom stereocenters. The highest BCUT2D eigenvalue weighted by molar-refractivity contribution is 6.17. The van der Waals surface area contributed by atoms with Crippen LogP contribution in [0.2, 0.25) is 0 Å². The van der Waals surface area contributed by atoms with Crippen molar-refractivity contribution in [2.24, 2.45) is 5.41 Å². The van der Waals surface area contributed by atoms with E-state index in [9.17, 15) is 0 Å². The molecule has 0 aromatic rings. The van der Waals surface area contributed by atoms with Crippen LogP contribution in [0, 0.1) is 5.41 Å². The van der Waals surface area contributed by atoms with Crippen molar-refractivity contribution < 1.29 is 4.74 Å². The topological polar surface area (TPSA) is 24.5 Å². The van der Waals surface area contributed by atoms with E-state index < -0.39 is 0 Å². The molecule has 0 aromatic carbocycles. The summed E-state index contributed by atoms with van der Waals surface area (Å²) < 4.78 is 5.33. The molecule has 0 saturated carbocycles. The third-order valence-corrected chi connectivity index (χ3v) is 3.57. The minimum Gasteiger partial charge on any atom is -0.379 e. The number of morpholine rings is 1. The summed E-state index contributed by atoms with van der Waals surface area (Å²) >= 11 is 5.73. The number of nitrogens with zero attached hydrogens (tertiary/aromatic N) is 1. The summed E-state index contributed by atoms with van der Waals surface area (Å²) in [6.45, 7) is 11.8. The second kappa shape index (κ2) is 8.30. The third kappa shape index (κ3) is 7.24. The zero-order valence-corrected chi connectivity index (χ0v) is 12.1. The predicted octanol–water partition coefficient (Wildman–Crippen LogP) is 1.95. The van der Waals surface area contributed by atoms with Crippen LogP contribution in [-0.2, 0) is 4.74 Å². The highest BCUT2D eigenvalue weighted by atomic mass is 35.5. The highest BCUT2D eigenvalue weighted by Gasteiger charge is 2.16. The normalized spacial score (nSPS) is 18.5. The van der Waals surface area contributed by atoms with Crippen molar-refractivity contribution in [2.45, 2.75) is 26.7 Å². The van der Waals surface area contributed by atoms with Gasteiger partial charge in [-0.05, 0) is 18.3 Å². The lowest BCUT2D eigenvalue weighted by Crippen LogP contribution is -2.41. The van der Waals surface area contributed by atoms with Crippen LogP contribution in [0.1, 0.15) is 26.7 Å². The van der Waals surface area contributed by atoms with Crippen molar-refractivity contribution in [2.75, 3.05) is 51.8 Å². The molecule has 4 heteroatoms. The minimum atomic E-state index is 0.361. The Morgan fingerprint density at radius 1 is 1.29 bits per heavy atom. The van der Waals surface area contributed by atoms with Gasteiger partial charge in [0, 0.05) is 38.6 Å². The monoisotopic (exact) mass is 262 g/mol. The second-order valence-corrected chi connectivity index (χ2v) is 5.97. The van der Waals surface area contributed by atoms with Crippen LogP contribution >= 0.6 is 11.6 Å². The van der Waals surface area contributed by atoms with Crippen LogP contribution in [0.4, 0.5) is 0 Å². The SMILES string of the molecule is CC(C)(CCCCl)CNCCN1CCOCC1. The molecule has 1 aliphatic heterocycles. The maximum atomic E-state index is 5.73. The van der Waals surface area contributed by atoms with E-state index in [1.165, 1.54) is 6.42 Å². The minimum absolute atomic E-state index is 0.361. The van der Waals surface area contributed by atoms with Gasteiger partial charge in [-0.2, -0.15) is 0 Å². The lowest BCUT2D eigenvalue weighted by Gasteiger charge is -2.28. The van der Waals surface area contributed by atoms with E-state index in [2.05, 4.69) is 24.1 Å². The van der Waals surface area contributed by atoms with Gasteiger partial charge in [0.05, 0.1) is 13.2 Å². The smallest absolute Gasteiger partial charge is 0.0594 e. The van der Waals surface area contributed by atoms with E-state index in [0.717, 1.165) is 58.2 Å². The van der Waals surface area contributed by atoms with Gasteiger partial charge in [-0.3, -0.25) is 4.90 Å². The molecule has 0 bridgehead atoms. The molecule has 1 aliphatic rings. The summed E-state index contributed by atoms with van der Waals surface area (Å²) in [5.74, 6) is 0.775. The second-order valence-electron chi connectivity index (χ2n) is 5.59. The summed E-state index contributed by atoms with van der Waals surface area (Å²) in [5.41, 5.74) is 0.361. The van der Waals surface area contributed by atoms with E-state index in [4.69, 9.17) is 16.3 Å². The number of ether oxygens (including phenoxy) is 1. The first-order chi connectivity index (χ1) is 8.14. The Labute approximate surface area is 111 Å². The van der Waals surface area contributed by atoms with Crippen molar-refractivity contribution in [3.8, 4) is 0 Å². The number of hydrogen-bond donors (Lipinski definition) is 1. The van der Waals surface area contributed by atoms with Gasteiger partial charge in [0.25, 0.3) is 0 Å². The fourth-order valence-electron chi connectivity index (χ4n) is 2.12. The predicted molar refractivity (Wildman–Crippen MR) is 73.9 cm³/mol. The first-order valence-corrected chi connectivity index (χ1v) is 7.24. The fourth-order valence-corrected chi connectivity index (χ4v) is 2.26. The number of alkyl halides is 1. The third-order valence-electron chi connectivity index (χ3n) is 3.30. The Balaban J connectivity index is 2.02. The standard InChI is InChI=1S/C13H27ClN2O/c1-13(2,4-3-5-14)12-15-6-7-16-8-10-17-11-9-16/h15H,3-12H2,1-2H3. The summed E-state index contributed by atoms with van der Waals surface area (Å²) in [6.07, 6.45) is 2.31. The number of rotatable bonds is 8. The van der Waals surface area contributed by atoms with Crippen molar-refractivity contribution in [1.29, 1.82) is 0 Å². The lowest BCUT2D eigenvalue weighted by molar-refractivity contribution is 0.0381. The van der Waals surface area contributed by atoms with Crippen LogP contribution in [0.25, 0.3) is 0 Å². The van der Waals surface area contributed by atoms with Gasteiger partial charge in [-0.15, -0.1) is 11.6 Å². The molecule has 1 heterocycles. The molecule has 1 fully saturated rings. The molecule has 0 amide bonds. The summed E-state index contributed by atoms with van der Waals surface area (Å²) in [7, 11) is 0. The Morgan fingerprint density at radius 2 is 2.00 bits per heavy atom. The van der Waals surface area contributed by atoms with Gasteiger partial charge in [-0.1, -0.05) is 13.8 Å². The molecule has 0 aromatic heterocycles. The maximum Gasteiger partial charge on any atom is 0.0594 e. The van der Waals surface area contributed by atoms with Crippen LogP contribution in [0.5, 0.6) is 0 Å². The summed E-state index contributed by atoms with van der Waals surface area (Å²) in [5, 5.41) is 3.56. The van der Waals surface area contributed by atoms with Crippen molar-refractivity contribution in [3.05, 3.63) is 0 Å². The van der Waals surface area contributed by atoms with Crippen LogP contribution in [0.3, 0.4) is 0 Å². The van der Waals surface area contributed by atoms with Gasteiger partial charge in [0.2, 0.25) is 0 Å². The quantitative estimate of drug-likeness (QED) is 0.535. The molecule has 3 nitrogen and oxygen atoms in total. The molecule has 102 valence electrons. The van der Waals surface area contributed by atoms with Crippen LogP contribution < -0.4 is 5.32 Å². The maximum absolute atomic E-state index is 5.73. The van der Waals surface area contributed by atoms with Crippen molar-refractivity contribution in [3.63, 3.8) is 0 Å². The zero-order chi connectivity index (χ0) is 12.6. The molecule has 17 heavy (non-hydrogen) atoms. The molecule has 1 saturated heterocycles. The lowest BCUT2D eigenvalue weighted by atomic mass is 9.88. The average Bonchev–Trinajstić information content (AvgIpc) is 2.34. The van der Waals surface area contributed by atoms with E-state index in [1.54, 1.807) is 0 Å². The van der Waals surface area contributed by atoms with Gasteiger partial charge < -0.3 is 10.1 Å². The van der Waals surface area contributed by atoms with E-state index in [-0.39, 0.29) is 0 Å². The van der Waals surface area contributed by atoms with Gasteiger partial charge in [-0.25, -0.2) is 0 Å². The first kappa shape index (κ1) is 15.2. The summed E-state index contributed by atoms with van der Waals surface area (Å²) in [6, 6.07) is 0. The number of nitrogens with one attached hydrogen (secondary N) is 1. The van der Waals surface area contributed by atoms with Crippen molar-refractivity contribution in [1.82, 2.24) is 10.2 Å².